The minimum Gasteiger partial charge on any atom is -0.324 e. The van der Waals surface area contributed by atoms with Crippen LogP contribution >= 0.6 is 11.6 Å². The SMILES string of the molecule is CNCC1CCCN(C(=O)Nc2ccc(Cl)cc2)C1. The zero-order chi connectivity index (χ0) is 13.7. The molecule has 0 aliphatic carbocycles. The molecular formula is C14H20ClN3O. The first-order chi connectivity index (χ1) is 9.19. The number of hydrogen-bond acceptors (Lipinski definition) is 2. The van der Waals surface area contributed by atoms with Gasteiger partial charge in [0.1, 0.15) is 0 Å². The summed E-state index contributed by atoms with van der Waals surface area (Å²) in [5.41, 5.74) is 0.783. The quantitative estimate of drug-likeness (QED) is 0.895. The van der Waals surface area contributed by atoms with Crippen molar-refractivity contribution in [3.63, 3.8) is 0 Å². The van der Waals surface area contributed by atoms with E-state index in [0.29, 0.717) is 10.9 Å². The molecule has 0 radical (unpaired) electrons. The fourth-order valence-corrected chi connectivity index (χ4v) is 2.57. The molecule has 1 aromatic carbocycles. The number of benzene rings is 1. The van der Waals surface area contributed by atoms with E-state index in [1.807, 2.05) is 24.1 Å². The number of hydrogen-bond donors (Lipinski definition) is 2. The van der Waals surface area contributed by atoms with E-state index in [2.05, 4.69) is 10.6 Å². The summed E-state index contributed by atoms with van der Waals surface area (Å²) in [4.78, 5) is 14.1. The van der Waals surface area contributed by atoms with Crippen molar-refractivity contribution < 1.29 is 4.79 Å². The predicted molar refractivity (Wildman–Crippen MR) is 78.7 cm³/mol. The van der Waals surface area contributed by atoms with Gasteiger partial charge in [-0.05, 0) is 56.6 Å². The average Bonchev–Trinajstić information content (AvgIpc) is 2.42. The first-order valence-corrected chi connectivity index (χ1v) is 7.03. The van der Waals surface area contributed by atoms with E-state index in [1.54, 1.807) is 12.1 Å². The molecule has 19 heavy (non-hydrogen) atoms. The van der Waals surface area contributed by atoms with Gasteiger partial charge < -0.3 is 15.5 Å². The molecule has 1 heterocycles. The highest BCUT2D eigenvalue weighted by molar-refractivity contribution is 6.30. The maximum Gasteiger partial charge on any atom is 0.321 e. The van der Waals surface area contributed by atoms with Crippen LogP contribution in [0.4, 0.5) is 10.5 Å². The molecule has 1 aromatic rings. The van der Waals surface area contributed by atoms with E-state index < -0.39 is 0 Å². The normalized spacial score (nSPS) is 19.3. The topological polar surface area (TPSA) is 44.4 Å². The Bertz CT molecular complexity index is 419. The van der Waals surface area contributed by atoms with Crippen molar-refractivity contribution >= 4 is 23.3 Å². The Morgan fingerprint density at radius 2 is 2.16 bits per heavy atom. The van der Waals surface area contributed by atoms with Crippen molar-refractivity contribution in [1.29, 1.82) is 0 Å². The molecule has 0 bridgehead atoms. The van der Waals surface area contributed by atoms with Crippen LogP contribution in [0.15, 0.2) is 24.3 Å². The van der Waals surface area contributed by atoms with E-state index in [0.717, 1.165) is 31.7 Å². The highest BCUT2D eigenvalue weighted by Gasteiger charge is 2.23. The molecule has 1 aliphatic rings. The molecule has 4 nitrogen and oxygen atoms in total. The van der Waals surface area contributed by atoms with Gasteiger partial charge in [-0.1, -0.05) is 11.6 Å². The number of urea groups is 1. The van der Waals surface area contributed by atoms with Gasteiger partial charge in [0.2, 0.25) is 0 Å². The lowest BCUT2D eigenvalue weighted by atomic mass is 9.98. The van der Waals surface area contributed by atoms with Gasteiger partial charge in [-0.2, -0.15) is 0 Å². The molecule has 1 fully saturated rings. The van der Waals surface area contributed by atoms with Crippen LogP contribution in [0.2, 0.25) is 5.02 Å². The lowest BCUT2D eigenvalue weighted by molar-refractivity contribution is 0.177. The number of piperidine rings is 1. The van der Waals surface area contributed by atoms with E-state index >= 15 is 0 Å². The number of carbonyl (C=O) groups is 1. The third kappa shape index (κ3) is 4.11. The molecule has 2 rings (SSSR count). The van der Waals surface area contributed by atoms with Crippen LogP contribution in [0.1, 0.15) is 12.8 Å². The standard InChI is InChI=1S/C14H20ClN3O/c1-16-9-11-3-2-8-18(10-11)14(19)17-13-6-4-12(15)5-7-13/h4-7,11,16H,2-3,8-10H2,1H3,(H,17,19). The molecule has 2 N–H and O–H groups in total. The number of halogens is 1. The zero-order valence-electron chi connectivity index (χ0n) is 11.2. The van der Waals surface area contributed by atoms with Gasteiger partial charge in [0, 0.05) is 23.8 Å². The van der Waals surface area contributed by atoms with E-state index in [-0.39, 0.29) is 6.03 Å². The summed E-state index contributed by atoms with van der Waals surface area (Å²) in [5.74, 6) is 0.551. The predicted octanol–water partition coefficient (Wildman–Crippen LogP) is 2.80. The number of likely N-dealkylation sites (tertiary alicyclic amines) is 1. The summed E-state index contributed by atoms with van der Waals surface area (Å²) < 4.78 is 0. The van der Waals surface area contributed by atoms with Crippen molar-refractivity contribution in [2.75, 3.05) is 32.0 Å². The summed E-state index contributed by atoms with van der Waals surface area (Å²) in [6.45, 7) is 2.62. The summed E-state index contributed by atoms with van der Waals surface area (Å²) in [6.07, 6.45) is 2.26. The Kier molecular flexibility index (Phi) is 5.05. The molecule has 1 atom stereocenters. The molecule has 2 amide bonds. The van der Waals surface area contributed by atoms with Crippen LogP contribution in [-0.4, -0.2) is 37.6 Å². The Balaban J connectivity index is 1.90. The zero-order valence-corrected chi connectivity index (χ0v) is 11.9. The summed E-state index contributed by atoms with van der Waals surface area (Å²) in [6, 6.07) is 7.15. The highest BCUT2D eigenvalue weighted by Crippen LogP contribution is 2.18. The highest BCUT2D eigenvalue weighted by atomic mass is 35.5. The molecular weight excluding hydrogens is 262 g/mol. The van der Waals surface area contributed by atoms with E-state index in [4.69, 9.17) is 11.6 Å². The Morgan fingerprint density at radius 3 is 2.84 bits per heavy atom. The molecule has 1 aliphatic heterocycles. The second kappa shape index (κ2) is 6.78. The molecule has 0 spiro atoms. The number of anilines is 1. The molecule has 1 unspecified atom stereocenters. The minimum absolute atomic E-state index is 0.0249. The number of nitrogens with one attached hydrogen (secondary N) is 2. The lowest BCUT2D eigenvalue weighted by Crippen LogP contribution is -2.44. The molecule has 104 valence electrons. The molecule has 0 saturated carbocycles. The smallest absolute Gasteiger partial charge is 0.321 e. The van der Waals surface area contributed by atoms with Crippen LogP contribution in [0.5, 0.6) is 0 Å². The third-order valence-corrected chi connectivity index (χ3v) is 3.65. The van der Waals surface area contributed by atoms with Crippen molar-refractivity contribution in [3.05, 3.63) is 29.3 Å². The Hall–Kier alpha value is -1.26. The maximum absolute atomic E-state index is 12.2. The van der Waals surface area contributed by atoms with Gasteiger partial charge in [-0.25, -0.2) is 4.79 Å². The minimum atomic E-state index is -0.0249. The van der Waals surface area contributed by atoms with Crippen molar-refractivity contribution in [1.82, 2.24) is 10.2 Å². The second-order valence-corrected chi connectivity index (χ2v) is 5.39. The largest absolute Gasteiger partial charge is 0.324 e. The molecule has 1 saturated heterocycles. The van der Waals surface area contributed by atoms with Crippen LogP contribution in [0.25, 0.3) is 0 Å². The molecule has 5 heteroatoms. The van der Waals surface area contributed by atoms with Gasteiger partial charge in [-0.3, -0.25) is 0 Å². The summed E-state index contributed by atoms with van der Waals surface area (Å²) in [7, 11) is 1.95. The van der Waals surface area contributed by atoms with Gasteiger partial charge in [-0.15, -0.1) is 0 Å². The van der Waals surface area contributed by atoms with Crippen molar-refractivity contribution in [3.8, 4) is 0 Å². The first kappa shape index (κ1) is 14.2. The number of amides is 2. The molecule has 0 aromatic heterocycles. The van der Waals surface area contributed by atoms with Crippen LogP contribution in [0, 0.1) is 5.92 Å². The van der Waals surface area contributed by atoms with Gasteiger partial charge in [0.25, 0.3) is 0 Å². The third-order valence-electron chi connectivity index (χ3n) is 3.39. The summed E-state index contributed by atoms with van der Waals surface area (Å²) in [5, 5.41) is 6.76. The number of rotatable bonds is 3. The van der Waals surface area contributed by atoms with E-state index in [9.17, 15) is 4.79 Å². The Morgan fingerprint density at radius 1 is 1.42 bits per heavy atom. The number of carbonyl (C=O) groups excluding carboxylic acids is 1. The van der Waals surface area contributed by atoms with E-state index in [1.165, 1.54) is 6.42 Å². The lowest BCUT2D eigenvalue weighted by Gasteiger charge is -2.32. The Labute approximate surface area is 119 Å². The van der Waals surface area contributed by atoms with Crippen molar-refractivity contribution in [2.45, 2.75) is 12.8 Å². The summed E-state index contributed by atoms with van der Waals surface area (Å²) >= 11 is 5.82. The average molecular weight is 282 g/mol. The van der Waals surface area contributed by atoms with Crippen molar-refractivity contribution in [2.24, 2.45) is 5.92 Å². The van der Waals surface area contributed by atoms with Gasteiger partial charge >= 0.3 is 6.03 Å². The first-order valence-electron chi connectivity index (χ1n) is 6.65. The van der Waals surface area contributed by atoms with Crippen LogP contribution in [-0.2, 0) is 0 Å². The van der Waals surface area contributed by atoms with Crippen LogP contribution < -0.4 is 10.6 Å². The van der Waals surface area contributed by atoms with Gasteiger partial charge in [0.15, 0.2) is 0 Å². The fourth-order valence-electron chi connectivity index (χ4n) is 2.44. The fraction of sp³-hybridized carbons (Fsp3) is 0.500. The number of nitrogens with zero attached hydrogens (tertiary/aromatic N) is 1. The van der Waals surface area contributed by atoms with Gasteiger partial charge in [0.05, 0.1) is 0 Å². The monoisotopic (exact) mass is 281 g/mol. The van der Waals surface area contributed by atoms with Crippen LogP contribution in [0.3, 0.4) is 0 Å². The second-order valence-electron chi connectivity index (χ2n) is 4.95. The maximum atomic E-state index is 12.2.